The molecule has 1 aromatic heterocycles. The van der Waals surface area contributed by atoms with Crippen molar-refractivity contribution in [3.8, 4) is 0 Å². The third-order valence-corrected chi connectivity index (χ3v) is 3.37. The molecule has 4 nitrogen and oxygen atoms in total. The van der Waals surface area contributed by atoms with Gasteiger partial charge in [0, 0.05) is 19.3 Å². The van der Waals surface area contributed by atoms with E-state index in [1.807, 2.05) is 0 Å². The van der Waals surface area contributed by atoms with E-state index in [0.717, 1.165) is 0 Å². The molecule has 2 rings (SSSR count). The molecule has 0 aliphatic heterocycles. The van der Waals surface area contributed by atoms with Crippen molar-refractivity contribution in [3.05, 3.63) is 62.5 Å². The van der Waals surface area contributed by atoms with Crippen molar-refractivity contribution < 1.29 is 4.79 Å². The number of aryl methyl sites for hydroxylation is 1. The predicted molar refractivity (Wildman–Crippen MR) is 76.1 cm³/mol. The van der Waals surface area contributed by atoms with Crippen molar-refractivity contribution in [3.63, 3.8) is 0 Å². The second-order valence-electron chi connectivity index (χ2n) is 3.92. The molecular weight excluding hydrogens is 287 g/mol. The van der Waals surface area contributed by atoms with E-state index in [2.05, 4.69) is 5.32 Å². The Morgan fingerprint density at radius 2 is 1.95 bits per heavy atom. The summed E-state index contributed by atoms with van der Waals surface area (Å²) in [4.78, 5) is 23.3. The quantitative estimate of drug-likeness (QED) is 0.926. The lowest BCUT2D eigenvalue weighted by atomic mass is 10.2. The Morgan fingerprint density at radius 3 is 2.63 bits per heavy atom. The third-order valence-electron chi connectivity index (χ3n) is 2.55. The highest BCUT2D eigenvalue weighted by molar-refractivity contribution is 6.44. The molecule has 0 radical (unpaired) electrons. The summed E-state index contributed by atoms with van der Waals surface area (Å²) in [6.45, 7) is 0. The topological polar surface area (TPSA) is 51.1 Å². The molecule has 0 fully saturated rings. The monoisotopic (exact) mass is 296 g/mol. The first kappa shape index (κ1) is 13.6. The number of rotatable bonds is 2. The smallest absolute Gasteiger partial charge is 0.257 e. The average molecular weight is 297 g/mol. The van der Waals surface area contributed by atoms with Crippen LogP contribution in [0.3, 0.4) is 0 Å². The fourth-order valence-corrected chi connectivity index (χ4v) is 1.87. The molecule has 0 spiro atoms. The van der Waals surface area contributed by atoms with Gasteiger partial charge in [0.1, 0.15) is 0 Å². The van der Waals surface area contributed by atoms with Crippen LogP contribution in [0.5, 0.6) is 0 Å². The maximum Gasteiger partial charge on any atom is 0.257 e. The first-order chi connectivity index (χ1) is 8.99. The van der Waals surface area contributed by atoms with Crippen LogP contribution >= 0.6 is 23.2 Å². The molecule has 2 aromatic rings. The molecule has 1 heterocycles. The zero-order chi connectivity index (χ0) is 14.0. The Bertz CT molecular complexity index is 695. The minimum absolute atomic E-state index is 0.183. The summed E-state index contributed by atoms with van der Waals surface area (Å²) in [5, 5.41) is 3.28. The van der Waals surface area contributed by atoms with E-state index in [0.29, 0.717) is 16.3 Å². The van der Waals surface area contributed by atoms with Crippen molar-refractivity contribution in [1.29, 1.82) is 0 Å². The molecule has 0 atom stereocenters. The number of carbonyl (C=O) groups excluding carboxylic acids is 1. The lowest BCUT2D eigenvalue weighted by Gasteiger charge is -2.08. The largest absolute Gasteiger partial charge is 0.321 e. The fraction of sp³-hybridized carbons (Fsp3) is 0.0769. The third kappa shape index (κ3) is 2.97. The summed E-state index contributed by atoms with van der Waals surface area (Å²) in [5.74, 6) is -0.361. The highest BCUT2D eigenvalue weighted by atomic mass is 35.5. The van der Waals surface area contributed by atoms with Gasteiger partial charge in [-0.15, -0.1) is 0 Å². The summed E-state index contributed by atoms with van der Waals surface area (Å²) in [7, 11) is 1.57. The van der Waals surface area contributed by atoms with Gasteiger partial charge < -0.3 is 9.88 Å². The van der Waals surface area contributed by atoms with Crippen LogP contribution in [0.1, 0.15) is 10.4 Å². The van der Waals surface area contributed by atoms with Crippen molar-refractivity contribution in [2.24, 2.45) is 7.05 Å². The SMILES string of the molecule is Cn1cc(C(=O)Nc2cccc(Cl)c2Cl)ccc1=O. The van der Waals surface area contributed by atoms with Gasteiger partial charge in [-0.25, -0.2) is 0 Å². The first-order valence-electron chi connectivity index (χ1n) is 5.41. The Balaban J connectivity index is 2.28. The number of halogens is 2. The molecule has 0 aliphatic rings. The molecule has 0 unspecified atom stereocenters. The van der Waals surface area contributed by atoms with Crippen LogP contribution in [0.4, 0.5) is 5.69 Å². The van der Waals surface area contributed by atoms with E-state index in [1.54, 1.807) is 25.2 Å². The molecule has 0 saturated carbocycles. The van der Waals surface area contributed by atoms with Crippen LogP contribution in [0.15, 0.2) is 41.3 Å². The lowest BCUT2D eigenvalue weighted by molar-refractivity contribution is 0.102. The summed E-state index contributed by atoms with van der Waals surface area (Å²) < 4.78 is 1.33. The van der Waals surface area contributed by atoms with Crippen molar-refractivity contribution in [2.75, 3.05) is 5.32 Å². The number of nitrogens with zero attached hydrogens (tertiary/aromatic N) is 1. The molecule has 98 valence electrons. The second-order valence-corrected chi connectivity index (χ2v) is 4.71. The van der Waals surface area contributed by atoms with Crippen LogP contribution in [-0.2, 0) is 7.05 Å². The highest BCUT2D eigenvalue weighted by Crippen LogP contribution is 2.29. The number of nitrogens with one attached hydrogen (secondary N) is 1. The van der Waals surface area contributed by atoms with Crippen LogP contribution in [0.2, 0.25) is 10.0 Å². The Labute approximate surface area is 119 Å². The Kier molecular flexibility index (Phi) is 3.93. The number of carbonyl (C=O) groups is 1. The van der Waals surface area contributed by atoms with Gasteiger partial charge in [-0.05, 0) is 18.2 Å². The zero-order valence-corrected chi connectivity index (χ0v) is 11.5. The van der Waals surface area contributed by atoms with Crippen molar-refractivity contribution in [1.82, 2.24) is 4.57 Å². The summed E-state index contributed by atoms with van der Waals surface area (Å²) in [6, 6.07) is 7.75. The van der Waals surface area contributed by atoms with Gasteiger partial charge in [0.15, 0.2) is 0 Å². The minimum atomic E-state index is -0.361. The van der Waals surface area contributed by atoms with Gasteiger partial charge >= 0.3 is 0 Å². The maximum absolute atomic E-state index is 12.0. The van der Waals surface area contributed by atoms with Gasteiger partial charge in [0.05, 0.1) is 21.3 Å². The number of hydrogen-bond acceptors (Lipinski definition) is 2. The standard InChI is InChI=1S/C13H10Cl2N2O2/c1-17-7-8(5-6-11(17)18)13(19)16-10-4-2-3-9(14)12(10)15/h2-7H,1H3,(H,16,19). The van der Waals surface area contributed by atoms with Gasteiger partial charge in [0.25, 0.3) is 5.91 Å². The van der Waals surface area contributed by atoms with E-state index in [9.17, 15) is 9.59 Å². The maximum atomic E-state index is 12.0. The highest BCUT2D eigenvalue weighted by Gasteiger charge is 2.10. The van der Waals surface area contributed by atoms with Crippen LogP contribution in [-0.4, -0.2) is 10.5 Å². The summed E-state index contributed by atoms with van der Waals surface area (Å²) in [6.07, 6.45) is 1.45. The fourth-order valence-electron chi connectivity index (χ4n) is 1.52. The molecule has 1 aromatic carbocycles. The molecule has 1 N–H and O–H groups in total. The average Bonchev–Trinajstić information content (AvgIpc) is 2.38. The Hall–Kier alpha value is -1.78. The van der Waals surface area contributed by atoms with Gasteiger partial charge in [0.2, 0.25) is 5.56 Å². The first-order valence-corrected chi connectivity index (χ1v) is 6.16. The van der Waals surface area contributed by atoms with Crippen molar-refractivity contribution in [2.45, 2.75) is 0 Å². The molecular formula is C13H10Cl2N2O2. The predicted octanol–water partition coefficient (Wildman–Crippen LogP) is 2.94. The second kappa shape index (κ2) is 5.47. The number of amides is 1. The van der Waals surface area contributed by atoms with Crippen LogP contribution < -0.4 is 10.9 Å². The van der Waals surface area contributed by atoms with Gasteiger partial charge in [-0.2, -0.15) is 0 Å². The molecule has 0 saturated heterocycles. The van der Waals surface area contributed by atoms with E-state index in [1.165, 1.54) is 22.9 Å². The van der Waals surface area contributed by atoms with Crippen LogP contribution in [0, 0.1) is 0 Å². The molecule has 6 heteroatoms. The van der Waals surface area contributed by atoms with E-state index in [4.69, 9.17) is 23.2 Å². The van der Waals surface area contributed by atoms with Gasteiger partial charge in [-0.3, -0.25) is 9.59 Å². The van der Waals surface area contributed by atoms with E-state index in [-0.39, 0.29) is 16.5 Å². The number of aromatic nitrogens is 1. The van der Waals surface area contributed by atoms with E-state index < -0.39 is 0 Å². The summed E-state index contributed by atoms with van der Waals surface area (Å²) >= 11 is 11.8. The molecule has 0 aliphatic carbocycles. The zero-order valence-electron chi connectivity index (χ0n) is 9.98. The minimum Gasteiger partial charge on any atom is -0.321 e. The number of pyridine rings is 1. The molecule has 19 heavy (non-hydrogen) atoms. The van der Waals surface area contributed by atoms with Gasteiger partial charge in [-0.1, -0.05) is 29.3 Å². The molecule has 1 amide bonds. The summed E-state index contributed by atoms with van der Waals surface area (Å²) in [5.41, 5.74) is 0.600. The van der Waals surface area contributed by atoms with E-state index >= 15 is 0 Å². The van der Waals surface area contributed by atoms with Crippen LogP contribution in [0.25, 0.3) is 0 Å². The number of benzene rings is 1. The lowest BCUT2D eigenvalue weighted by Crippen LogP contribution is -2.19. The Morgan fingerprint density at radius 1 is 1.21 bits per heavy atom. The van der Waals surface area contributed by atoms with Crippen molar-refractivity contribution >= 4 is 34.8 Å². The number of anilines is 1. The molecule has 0 bridgehead atoms. The normalized spacial score (nSPS) is 10.3. The number of hydrogen-bond donors (Lipinski definition) is 1.